The highest BCUT2D eigenvalue weighted by Crippen LogP contribution is 2.24. The van der Waals surface area contributed by atoms with E-state index in [1.807, 2.05) is 13.0 Å². The minimum Gasteiger partial charge on any atom is -0.336 e. The maximum absolute atomic E-state index is 12.6. The Labute approximate surface area is 113 Å². The molecule has 0 saturated carbocycles. The van der Waals surface area contributed by atoms with Crippen molar-refractivity contribution in [2.45, 2.75) is 12.2 Å². The van der Waals surface area contributed by atoms with Crippen LogP contribution in [0.15, 0.2) is 22.7 Å². The Morgan fingerprint density at radius 2 is 2.06 bits per heavy atom. The highest BCUT2D eigenvalue weighted by molar-refractivity contribution is 9.10. The van der Waals surface area contributed by atoms with Gasteiger partial charge in [-0.15, -0.1) is 3.89 Å². The molecule has 98 valence electrons. The zero-order valence-corrected chi connectivity index (χ0v) is 12.0. The van der Waals surface area contributed by atoms with Gasteiger partial charge in [0.15, 0.2) is 0 Å². The van der Waals surface area contributed by atoms with Gasteiger partial charge in [-0.1, -0.05) is 11.6 Å². The molecule has 0 atom stereocenters. The van der Waals surface area contributed by atoms with Gasteiger partial charge in [-0.05, 0) is 35.0 Å². The predicted molar refractivity (Wildman–Crippen MR) is 68.6 cm³/mol. The number of aryl methyl sites for hydroxylation is 1. The Kier molecular flexibility index (Phi) is 3.46. The quantitative estimate of drug-likeness (QED) is 0.775. The van der Waals surface area contributed by atoms with Crippen LogP contribution in [0, 0.1) is 6.92 Å². The minimum absolute atomic E-state index is 0.0853. The molecule has 1 aliphatic rings. The molecule has 1 heterocycles. The van der Waals surface area contributed by atoms with E-state index in [0.717, 1.165) is 5.56 Å². The molecule has 1 amide bonds. The summed E-state index contributed by atoms with van der Waals surface area (Å²) in [6.07, 6.45) is 0. The number of carbonyl (C=O) groups excluding carboxylic acids is 1. The van der Waals surface area contributed by atoms with Crippen LogP contribution < -0.4 is 0 Å². The molecule has 0 aliphatic carbocycles. The van der Waals surface area contributed by atoms with Crippen molar-refractivity contribution in [2.75, 3.05) is 13.1 Å². The van der Waals surface area contributed by atoms with Crippen molar-refractivity contribution in [1.82, 2.24) is 4.90 Å². The fourth-order valence-electron chi connectivity index (χ4n) is 1.76. The summed E-state index contributed by atoms with van der Waals surface area (Å²) in [5, 5.41) is -1.08. The average Bonchev–Trinajstić information content (AvgIpc) is 2.17. The van der Waals surface area contributed by atoms with Crippen LogP contribution in [0.4, 0.5) is 3.89 Å². The van der Waals surface area contributed by atoms with E-state index < -0.39 is 15.5 Å². The lowest BCUT2D eigenvalue weighted by Crippen LogP contribution is -2.56. The van der Waals surface area contributed by atoms with Crippen molar-refractivity contribution >= 4 is 32.1 Å². The first-order chi connectivity index (χ1) is 8.29. The third-order valence-corrected chi connectivity index (χ3v) is 4.67. The predicted octanol–water partition coefficient (Wildman–Crippen LogP) is 1.88. The fourth-order valence-corrected chi connectivity index (χ4v) is 2.89. The number of benzene rings is 1. The van der Waals surface area contributed by atoms with Gasteiger partial charge in [-0.3, -0.25) is 4.79 Å². The molecule has 1 fully saturated rings. The smallest absolute Gasteiger partial charge is 0.308 e. The van der Waals surface area contributed by atoms with Crippen molar-refractivity contribution in [3.63, 3.8) is 0 Å². The molecule has 0 N–H and O–H groups in total. The molecule has 2 rings (SSSR count). The highest BCUT2D eigenvalue weighted by atomic mass is 79.9. The summed E-state index contributed by atoms with van der Waals surface area (Å²) in [6.45, 7) is 1.68. The molecular weight excluding hydrogens is 325 g/mol. The van der Waals surface area contributed by atoms with Crippen LogP contribution in [0.3, 0.4) is 0 Å². The fraction of sp³-hybridized carbons (Fsp3) is 0.364. The van der Waals surface area contributed by atoms with E-state index in [2.05, 4.69) is 15.9 Å². The summed E-state index contributed by atoms with van der Waals surface area (Å²) in [6, 6.07) is 5.32. The first-order valence-electron chi connectivity index (χ1n) is 5.28. The first kappa shape index (κ1) is 13.5. The van der Waals surface area contributed by atoms with Gasteiger partial charge in [0.2, 0.25) is 0 Å². The summed E-state index contributed by atoms with van der Waals surface area (Å²) in [4.78, 5) is 13.4. The second-order valence-electron chi connectivity index (χ2n) is 4.29. The molecule has 18 heavy (non-hydrogen) atoms. The Hall–Kier alpha value is -0.950. The molecule has 0 unspecified atom stereocenters. The molecule has 4 nitrogen and oxygen atoms in total. The van der Waals surface area contributed by atoms with Gasteiger partial charge in [-0.2, -0.15) is 8.42 Å². The molecule has 1 saturated heterocycles. The second kappa shape index (κ2) is 4.62. The van der Waals surface area contributed by atoms with Crippen LogP contribution in [-0.2, 0) is 10.2 Å². The Balaban J connectivity index is 2.13. The van der Waals surface area contributed by atoms with Crippen molar-refractivity contribution < 1.29 is 17.1 Å². The molecule has 1 aromatic rings. The SMILES string of the molecule is Cc1ccc(Br)c(C(=O)N2CC(S(=O)(=O)F)C2)c1. The van der Waals surface area contributed by atoms with Gasteiger partial charge in [0.25, 0.3) is 5.91 Å². The molecule has 1 aliphatic heterocycles. The molecule has 0 bridgehead atoms. The van der Waals surface area contributed by atoms with Gasteiger partial charge in [-0.25, -0.2) is 0 Å². The number of halogens is 2. The molecule has 0 radical (unpaired) electrons. The molecule has 0 aromatic heterocycles. The Morgan fingerprint density at radius 3 is 2.61 bits per heavy atom. The number of rotatable bonds is 2. The lowest BCUT2D eigenvalue weighted by Gasteiger charge is -2.36. The Bertz CT molecular complexity index is 596. The topological polar surface area (TPSA) is 54.5 Å². The van der Waals surface area contributed by atoms with Gasteiger partial charge in [0, 0.05) is 17.6 Å². The Morgan fingerprint density at radius 1 is 1.44 bits per heavy atom. The number of amides is 1. The van der Waals surface area contributed by atoms with Crippen LogP contribution in [0.1, 0.15) is 15.9 Å². The van der Waals surface area contributed by atoms with Crippen LogP contribution in [0.5, 0.6) is 0 Å². The maximum atomic E-state index is 12.6. The number of nitrogens with zero attached hydrogens (tertiary/aromatic N) is 1. The number of carbonyl (C=O) groups is 1. The van der Waals surface area contributed by atoms with E-state index in [1.165, 1.54) is 4.90 Å². The maximum Gasteiger partial charge on any atom is 0.308 e. The van der Waals surface area contributed by atoms with E-state index in [9.17, 15) is 17.1 Å². The zero-order valence-electron chi connectivity index (χ0n) is 9.56. The third-order valence-electron chi connectivity index (χ3n) is 2.89. The summed E-state index contributed by atoms with van der Waals surface area (Å²) in [5.41, 5.74) is 1.39. The normalized spacial score (nSPS) is 16.5. The zero-order chi connectivity index (χ0) is 13.5. The number of hydrogen-bond donors (Lipinski definition) is 0. The summed E-state index contributed by atoms with van der Waals surface area (Å²) in [7, 11) is -4.54. The van der Waals surface area contributed by atoms with Gasteiger partial charge in [0.1, 0.15) is 5.25 Å². The first-order valence-corrected chi connectivity index (χ1v) is 7.52. The van der Waals surface area contributed by atoms with Crippen molar-refractivity contribution in [3.8, 4) is 0 Å². The molecule has 0 spiro atoms. The summed E-state index contributed by atoms with van der Waals surface area (Å²) >= 11 is 3.27. The summed E-state index contributed by atoms with van der Waals surface area (Å²) < 4.78 is 34.5. The van der Waals surface area contributed by atoms with Crippen LogP contribution in [0.2, 0.25) is 0 Å². The van der Waals surface area contributed by atoms with E-state index in [1.54, 1.807) is 12.1 Å². The largest absolute Gasteiger partial charge is 0.336 e. The van der Waals surface area contributed by atoms with Gasteiger partial charge >= 0.3 is 10.2 Å². The monoisotopic (exact) mass is 335 g/mol. The summed E-state index contributed by atoms with van der Waals surface area (Å²) in [5.74, 6) is -0.287. The second-order valence-corrected chi connectivity index (χ2v) is 6.76. The lowest BCUT2D eigenvalue weighted by molar-refractivity contribution is 0.0655. The van der Waals surface area contributed by atoms with Gasteiger partial charge in [0.05, 0.1) is 5.56 Å². The van der Waals surface area contributed by atoms with Crippen LogP contribution in [-0.4, -0.2) is 37.6 Å². The van der Waals surface area contributed by atoms with E-state index in [4.69, 9.17) is 0 Å². The van der Waals surface area contributed by atoms with Crippen molar-refractivity contribution in [1.29, 1.82) is 0 Å². The van der Waals surface area contributed by atoms with Crippen molar-refractivity contribution in [2.24, 2.45) is 0 Å². The highest BCUT2D eigenvalue weighted by Gasteiger charge is 2.40. The standard InChI is InChI=1S/C11H11BrFNO3S/c1-7-2-3-10(12)9(4-7)11(15)14-5-8(6-14)18(13,16)17/h2-4,8H,5-6H2,1H3. The lowest BCUT2D eigenvalue weighted by atomic mass is 10.1. The van der Waals surface area contributed by atoms with E-state index in [0.29, 0.717) is 10.0 Å². The minimum atomic E-state index is -4.54. The van der Waals surface area contributed by atoms with E-state index >= 15 is 0 Å². The number of likely N-dealkylation sites (tertiary alicyclic amines) is 1. The molecule has 7 heteroatoms. The van der Waals surface area contributed by atoms with E-state index in [-0.39, 0.29) is 19.0 Å². The van der Waals surface area contributed by atoms with Crippen molar-refractivity contribution in [3.05, 3.63) is 33.8 Å². The molecular formula is C11H11BrFNO3S. The number of hydrogen-bond acceptors (Lipinski definition) is 3. The third kappa shape index (κ3) is 2.56. The average molecular weight is 336 g/mol. The van der Waals surface area contributed by atoms with Gasteiger partial charge < -0.3 is 4.90 Å². The molecule has 1 aromatic carbocycles. The van der Waals surface area contributed by atoms with Crippen LogP contribution >= 0.6 is 15.9 Å². The van der Waals surface area contributed by atoms with Crippen LogP contribution in [0.25, 0.3) is 0 Å².